The first kappa shape index (κ1) is 12.9. The van der Waals surface area contributed by atoms with Gasteiger partial charge < -0.3 is 10.0 Å². The summed E-state index contributed by atoms with van der Waals surface area (Å²) in [6.45, 7) is 0.734. The van der Waals surface area contributed by atoms with Crippen molar-refractivity contribution in [2.75, 3.05) is 18.5 Å². The highest BCUT2D eigenvalue weighted by atomic mass is 16.4. The van der Waals surface area contributed by atoms with E-state index in [4.69, 9.17) is 5.11 Å². The lowest BCUT2D eigenvalue weighted by atomic mass is 10.2. The number of nitrogens with zero attached hydrogens (tertiary/aromatic N) is 4. The van der Waals surface area contributed by atoms with Crippen molar-refractivity contribution in [1.29, 1.82) is 0 Å². The van der Waals surface area contributed by atoms with Crippen LogP contribution in [0, 0.1) is 0 Å². The summed E-state index contributed by atoms with van der Waals surface area (Å²) < 4.78 is 0. The lowest BCUT2D eigenvalue weighted by Crippen LogP contribution is -2.22. The van der Waals surface area contributed by atoms with Crippen molar-refractivity contribution >= 4 is 11.8 Å². The monoisotopic (exact) mass is 258 g/mol. The van der Waals surface area contributed by atoms with Gasteiger partial charge in [0.15, 0.2) is 5.69 Å². The molecule has 0 atom stereocenters. The number of anilines is 1. The van der Waals surface area contributed by atoms with Crippen LogP contribution < -0.4 is 4.90 Å². The number of hydrogen-bond donors (Lipinski definition) is 1. The molecule has 0 aliphatic rings. The molecule has 2 rings (SSSR count). The highest BCUT2D eigenvalue weighted by Crippen LogP contribution is 2.07. The van der Waals surface area contributed by atoms with Crippen LogP contribution in [0.5, 0.6) is 0 Å². The van der Waals surface area contributed by atoms with Gasteiger partial charge in [0, 0.05) is 31.9 Å². The average Bonchev–Trinajstić information content (AvgIpc) is 2.46. The first-order chi connectivity index (χ1) is 9.16. The maximum Gasteiger partial charge on any atom is 0.356 e. The second-order valence-electron chi connectivity index (χ2n) is 4.06. The van der Waals surface area contributed by atoms with Crippen LogP contribution in [0.2, 0.25) is 0 Å². The molecule has 2 heterocycles. The second kappa shape index (κ2) is 5.90. The summed E-state index contributed by atoms with van der Waals surface area (Å²) in [5.41, 5.74) is 0.950. The van der Waals surface area contributed by atoms with Crippen molar-refractivity contribution in [2.24, 2.45) is 0 Å². The molecule has 6 nitrogen and oxygen atoms in total. The summed E-state index contributed by atoms with van der Waals surface area (Å²) in [6, 6.07) is 5.79. The zero-order valence-electron chi connectivity index (χ0n) is 10.5. The van der Waals surface area contributed by atoms with E-state index in [0.717, 1.165) is 18.7 Å². The third-order valence-corrected chi connectivity index (χ3v) is 2.68. The molecule has 0 spiro atoms. The normalized spacial score (nSPS) is 10.2. The van der Waals surface area contributed by atoms with Crippen LogP contribution >= 0.6 is 0 Å². The van der Waals surface area contributed by atoms with Gasteiger partial charge in [0.25, 0.3) is 0 Å². The number of likely N-dealkylation sites (N-methyl/N-ethyl adjacent to an activating group) is 1. The van der Waals surface area contributed by atoms with Crippen molar-refractivity contribution in [1.82, 2.24) is 15.0 Å². The standard InChI is InChI=1S/C13H14N4O2/c1-17(7-5-10-4-2-3-6-14-10)12-9-15-11(8-16-12)13(18)19/h2-4,6,8-9H,5,7H2,1H3,(H,18,19). The second-order valence-corrected chi connectivity index (χ2v) is 4.06. The van der Waals surface area contributed by atoms with Gasteiger partial charge in [0.05, 0.1) is 12.4 Å². The third-order valence-electron chi connectivity index (χ3n) is 2.68. The predicted molar refractivity (Wildman–Crippen MR) is 70.2 cm³/mol. The summed E-state index contributed by atoms with van der Waals surface area (Å²) in [7, 11) is 1.88. The fraction of sp³-hybridized carbons (Fsp3) is 0.231. The number of rotatable bonds is 5. The van der Waals surface area contributed by atoms with Gasteiger partial charge in [-0.05, 0) is 12.1 Å². The molecule has 0 saturated carbocycles. The van der Waals surface area contributed by atoms with E-state index in [1.807, 2.05) is 30.1 Å². The molecule has 2 aromatic heterocycles. The summed E-state index contributed by atoms with van der Waals surface area (Å²) in [5, 5.41) is 8.74. The Labute approximate surface area is 110 Å². The minimum Gasteiger partial charge on any atom is -0.476 e. The summed E-state index contributed by atoms with van der Waals surface area (Å²) >= 11 is 0. The van der Waals surface area contributed by atoms with Gasteiger partial charge >= 0.3 is 5.97 Å². The van der Waals surface area contributed by atoms with Gasteiger partial charge in [-0.1, -0.05) is 6.07 Å². The van der Waals surface area contributed by atoms with E-state index in [1.54, 1.807) is 6.20 Å². The highest BCUT2D eigenvalue weighted by molar-refractivity contribution is 5.84. The Kier molecular flexibility index (Phi) is 4.02. The topological polar surface area (TPSA) is 79.2 Å². The maximum atomic E-state index is 10.7. The maximum absolute atomic E-state index is 10.7. The number of pyridine rings is 1. The number of aromatic carboxylic acids is 1. The van der Waals surface area contributed by atoms with Gasteiger partial charge in [-0.3, -0.25) is 4.98 Å². The van der Waals surface area contributed by atoms with E-state index in [1.165, 1.54) is 12.4 Å². The molecule has 0 unspecified atom stereocenters. The molecule has 0 radical (unpaired) electrons. The molecule has 2 aromatic rings. The number of carboxylic acid groups (broad SMARTS) is 1. The van der Waals surface area contributed by atoms with Gasteiger partial charge in [-0.15, -0.1) is 0 Å². The minimum atomic E-state index is -1.07. The molecule has 0 amide bonds. The molecule has 0 bridgehead atoms. The minimum absolute atomic E-state index is 0.0538. The van der Waals surface area contributed by atoms with Crippen molar-refractivity contribution in [3.63, 3.8) is 0 Å². The van der Waals surface area contributed by atoms with E-state index >= 15 is 0 Å². The zero-order chi connectivity index (χ0) is 13.7. The zero-order valence-corrected chi connectivity index (χ0v) is 10.5. The van der Waals surface area contributed by atoms with Crippen LogP contribution in [0.3, 0.4) is 0 Å². The van der Waals surface area contributed by atoms with Gasteiger partial charge in [-0.25, -0.2) is 14.8 Å². The number of carbonyl (C=O) groups is 1. The molecule has 98 valence electrons. The van der Waals surface area contributed by atoms with Crippen LogP contribution in [0.25, 0.3) is 0 Å². The number of aromatic nitrogens is 3. The van der Waals surface area contributed by atoms with E-state index in [-0.39, 0.29) is 5.69 Å². The number of hydrogen-bond acceptors (Lipinski definition) is 5. The Morgan fingerprint density at radius 1 is 1.26 bits per heavy atom. The molecular formula is C13H14N4O2. The van der Waals surface area contributed by atoms with Crippen LogP contribution in [0.4, 0.5) is 5.82 Å². The molecule has 0 aliphatic heterocycles. The van der Waals surface area contributed by atoms with E-state index in [9.17, 15) is 4.79 Å². The van der Waals surface area contributed by atoms with Crippen molar-refractivity contribution in [2.45, 2.75) is 6.42 Å². The molecule has 0 aromatic carbocycles. The summed E-state index contributed by atoms with van der Waals surface area (Å²) in [4.78, 5) is 24.7. The molecular weight excluding hydrogens is 244 g/mol. The Morgan fingerprint density at radius 2 is 2.11 bits per heavy atom. The Bertz CT molecular complexity index is 542. The highest BCUT2D eigenvalue weighted by Gasteiger charge is 2.07. The van der Waals surface area contributed by atoms with E-state index < -0.39 is 5.97 Å². The third kappa shape index (κ3) is 3.48. The fourth-order valence-corrected chi connectivity index (χ4v) is 1.57. The molecule has 0 fully saturated rings. The Balaban J connectivity index is 1.96. The van der Waals surface area contributed by atoms with Crippen molar-refractivity contribution in [3.8, 4) is 0 Å². The van der Waals surface area contributed by atoms with Crippen molar-refractivity contribution < 1.29 is 9.90 Å². The fourth-order valence-electron chi connectivity index (χ4n) is 1.57. The SMILES string of the molecule is CN(CCc1ccccn1)c1cnc(C(=O)O)cn1. The van der Waals surface area contributed by atoms with E-state index in [0.29, 0.717) is 5.82 Å². The summed E-state index contributed by atoms with van der Waals surface area (Å²) in [6.07, 6.45) is 5.27. The first-order valence-electron chi connectivity index (χ1n) is 5.83. The largest absolute Gasteiger partial charge is 0.476 e. The number of carboxylic acids is 1. The molecule has 0 saturated heterocycles. The molecule has 6 heteroatoms. The predicted octanol–water partition coefficient (Wildman–Crippen LogP) is 1.25. The van der Waals surface area contributed by atoms with Gasteiger partial charge in [0.2, 0.25) is 0 Å². The lowest BCUT2D eigenvalue weighted by molar-refractivity contribution is 0.0690. The molecule has 1 N–H and O–H groups in total. The molecule has 0 aliphatic carbocycles. The van der Waals surface area contributed by atoms with Gasteiger partial charge in [-0.2, -0.15) is 0 Å². The first-order valence-corrected chi connectivity index (χ1v) is 5.83. The smallest absolute Gasteiger partial charge is 0.356 e. The van der Waals surface area contributed by atoms with Gasteiger partial charge in [0.1, 0.15) is 5.82 Å². The van der Waals surface area contributed by atoms with Crippen LogP contribution in [-0.2, 0) is 6.42 Å². The van der Waals surface area contributed by atoms with Crippen LogP contribution in [-0.4, -0.2) is 39.6 Å². The van der Waals surface area contributed by atoms with Crippen LogP contribution in [0.15, 0.2) is 36.8 Å². The Hall–Kier alpha value is -2.50. The quantitative estimate of drug-likeness (QED) is 0.869. The Morgan fingerprint density at radius 3 is 2.68 bits per heavy atom. The van der Waals surface area contributed by atoms with Crippen LogP contribution in [0.1, 0.15) is 16.2 Å². The van der Waals surface area contributed by atoms with E-state index in [2.05, 4.69) is 15.0 Å². The van der Waals surface area contributed by atoms with Crippen molar-refractivity contribution in [3.05, 3.63) is 48.2 Å². The lowest BCUT2D eigenvalue weighted by Gasteiger charge is -2.17. The molecule has 19 heavy (non-hydrogen) atoms. The average molecular weight is 258 g/mol. The summed E-state index contributed by atoms with van der Waals surface area (Å²) in [5.74, 6) is -0.434.